The zero-order valence-corrected chi connectivity index (χ0v) is 82.6. The molecule has 123 heavy (non-hydrogen) atoms. The maximum absolute atomic E-state index is 13.2. The van der Waals surface area contributed by atoms with Crippen LogP contribution in [0.5, 0.6) is 11.5 Å². The molecule has 0 bridgehead atoms. The first kappa shape index (κ1) is 102. The van der Waals surface area contributed by atoms with Crippen molar-refractivity contribution in [3.63, 3.8) is 0 Å². The number of carbonyl (C=O) groups is 5. The summed E-state index contributed by atoms with van der Waals surface area (Å²) in [6.07, 6.45) is 6.74. The second-order valence-electron chi connectivity index (χ2n) is 26.0. The van der Waals surface area contributed by atoms with E-state index in [9.17, 15) is 54.0 Å². The molecule has 42 heteroatoms. The first-order valence-corrected chi connectivity index (χ1v) is 50.8. The summed E-state index contributed by atoms with van der Waals surface area (Å²) in [6.45, 7) is 12.2. The number of hydrogen-bond acceptors (Lipinski definition) is 25. The predicted molar refractivity (Wildman–Crippen MR) is 498 cm³/mol. The Balaban J connectivity index is 0.000000203. The van der Waals surface area contributed by atoms with Crippen molar-refractivity contribution in [1.29, 1.82) is 5.26 Å². The van der Waals surface area contributed by atoms with Gasteiger partial charge >= 0.3 is 23.0 Å². The summed E-state index contributed by atoms with van der Waals surface area (Å²) >= 11 is 29.4. The van der Waals surface area contributed by atoms with Gasteiger partial charge in [-0.2, -0.15) is 18.0 Å². The number of nitriles is 1. The number of carboxylic acids is 2. The normalized spacial score (nSPS) is 14.8. The minimum atomic E-state index is -4.07. The molecule has 1 saturated carbocycles. The zero-order valence-electron chi connectivity index (χ0n) is 65.9. The number of carbonyl (C=O) groups excluding carboxylic acids is 3. The smallest absolute Gasteiger partial charge is 0.412 e. The van der Waals surface area contributed by atoms with Gasteiger partial charge in [0.25, 0.3) is 31.9 Å². The van der Waals surface area contributed by atoms with Crippen molar-refractivity contribution in [1.82, 2.24) is 23.3 Å². The van der Waals surface area contributed by atoms with Crippen LogP contribution in [0.2, 0.25) is 10.0 Å². The second-order valence-corrected chi connectivity index (χ2v) is 44.1. The molecule has 2 atom stereocenters. The third kappa shape index (κ3) is 28.5. The van der Waals surface area contributed by atoms with Crippen LogP contribution in [0.15, 0.2) is 263 Å². The van der Waals surface area contributed by atoms with Gasteiger partial charge in [0, 0.05) is 118 Å². The van der Waals surface area contributed by atoms with E-state index in [2.05, 4.69) is 55.3 Å². The summed E-state index contributed by atoms with van der Waals surface area (Å²) in [5.41, 5.74) is 8.49. The third-order valence-corrected chi connectivity index (χ3v) is 36.0. The van der Waals surface area contributed by atoms with Gasteiger partial charge in [-0.1, -0.05) is 177 Å². The molecule has 2 unspecified atom stereocenters. The molecule has 1 aliphatic carbocycles. The Morgan fingerprint density at radius 1 is 0.707 bits per heavy atom. The van der Waals surface area contributed by atoms with E-state index in [1.54, 1.807) is 120 Å². The number of hydrogen-bond donors (Lipinski definition) is 3. The summed E-state index contributed by atoms with van der Waals surface area (Å²) in [4.78, 5) is 78.8. The minimum absolute atomic E-state index is 0. The number of fused-ring (bicyclic) bond motifs is 1. The van der Waals surface area contributed by atoms with Crippen molar-refractivity contribution in [2.75, 3.05) is 38.8 Å². The zero-order chi connectivity index (χ0) is 89.4. The first-order chi connectivity index (χ1) is 57.8. The van der Waals surface area contributed by atoms with Crippen LogP contribution < -0.4 is 19.7 Å². The number of rotatable bonds is 14. The van der Waals surface area contributed by atoms with Gasteiger partial charge in [-0.05, 0) is 225 Å². The average Bonchev–Trinajstić information content (AvgIpc) is 1.67. The Kier molecular flexibility index (Phi) is 39.5. The number of sulfonamides is 2. The van der Waals surface area contributed by atoms with Gasteiger partial charge in [-0.3, -0.25) is 33.5 Å². The molecule has 11 aromatic rings. The topological polar surface area (TPSA) is 370 Å². The maximum Gasteiger partial charge on any atom is 0.412 e. The van der Waals surface area contributed by atoms with Crippen molar-refractivity contribution in [3.8, 4) is 38.6 Å². The molecule has 7 aromatic carbocycles. The molecule has 6 heterocycles. The number of aliphatic carboxylic acids is 2. The van der Waals surface area contributed by atoms with E-state index in [-0.39, 0.29) is 78.5 Å². The Hall–Kier alpha value is -7.95. The summed E-state index contributed by atoms with van der Waals surface area (Å²) < 4.78 is 105. The Labute approximate surface area is 785 Å². The van der Waals surface area contributed by atoms with Gasteiger partial charge in [0.15, 0.2) is 16.7 Å². The van der Waals surface area contributed by atoms with Gasteiger partial charge in [0.05, 0.1) is 60.4 Å². The molecule has 0 spiro atoms. The number of nitrogens with one attached hydrogen (secondary N) is 1. The summed E-state index contributed by atoms with van der Waals surface area (Å²) in [5, 5.41) is 29.2. The SMILES string of the molecule is CC1=C(C)CS(=NC(=O)c2ccccc2)N(C(=O)c2ccccc2)C1.CC1=C(C)CS(=NS(=O)(=O)c2ccc(Cl)cc2)N(S(=O)(=O)c2ccc(Cl)cc2)C1.CNC(=O)Oc1c(Br)cc2sc(=O)oc2c1Br.COc1ccc(-c2cc(=S)ss2)cc1.Cc1c(-c2cnccn2)ssc1=S.Cc1ccc(S(=O)(=O)/C=C/C#N)cc1.O=C(O)C1(C(=O)O)CCC1.[Pt]. The number of allylic oxidation sites excluding steroid dienone is 1. The van der Waals surface area contributed by atoms with Crippen LogP contribution >= 0.6 is 132 Å². The van der Waals surface area contributed by atoms with E-state index in [4.69, 9.17) is 77.0 Å². The molecule has 3 aliphatic rings. The van der Waals surface area contributed by atoms with E-state index in [0.29, 0.717) is 59.1 Å². The minimum Gasteiger partial charge on any atom is -0.497 e. The molecular formula is C81H74Br2Cl2N8O17PtS12. The van der Waals surface area contributed by atoms with Crippen LogP contribution in [0.3, 0.4) is 0 Å². The van der Waals surface area contributed by atoms with Crippen molar-refractivity contribution < 1.29 is 94.4 Å². The van der Waals surface area contributed by atoms with Crippen LogP contribution in [0.4, 0.5) is 4.79 Å². The number of aromatic nitrogens is 2. The van der Waals surface area contributed by atoms with E-state index in [1.165, 1.54) is 83.7 Å². The van der Waals surface area contributed by atoms with Crippen LogP contribution in [0, 0.1) is 38.2 Å². The number of amides is 3. The first-order valence-electron chi connectivity index (χ1n) is 35.5. The van der Waals surface area contributed by atoms with Crippen LogP contribution in [0.1, 0.15) is 78.8 Å². The van der Waals surface area contributed by atoms with Gasteiger partial charge in [-0.15, -0.1) is 7.48 Å². The van der Waals surface area contributed by atoms with Crippen molar-refractivity contribution in [2.24, 2.45) is 13.5 Å². The van der Waals surface area contributed by atoms with E-state index in [0.717, 1.165) is 78.3 Å². The fraction of sp³-hybridized carbons (Fsp3) is 0.198. The molecule has 3 amide bonds. The number of ether oxygens (including phenoxy) is 2. The second kappa shape index (κ2) is 47.6. The van der Waals surface area contributed by atoms with Gasteiger partial charge in [0.1, 0.15) is 17.9 Å². The molecule has 0 radical (unpaired) electrons. The van der Waals surface area contributed by atoms with E-state index >= 15 is 0 Å². The van der Waals surface area contributed by atoms with Gasteiger partial charge in [-0.25, -0.2) is 26.4 Å². The number of halogens is 4. The number of nitrogens with zero attached hydrogens (tertiary/aromatic N) is 7. The molecule has 650 valence electrons. The van der Waals surface area contributed by atoms with Crippen LogP contribution in [-0.2, 0) is 82.3 Å². The molecular weight excluding hydrogens is 2170 g/mol. The summed E-state index contributed by atoms with van der Waals surface area (Å²) in [6, 6.07) is 49.3. The molecule has 14 rings (SSSR count). The molecule has 25 nitrogen and oxygen atoms in total. The summed E-state index contributed by atoms with van der Waals surface area (Å²) in [5.74, 6) is -0.792. The Morgan fingerprint density at radius 3 is 1.76 bits per heavy atom. The van der Waals surface area contributed by atoms with Gasteiger partial charge in [0.2, 0.25) is 9.84 Å². The Bertz CT molecular complexity index is 6390. The third-order valence-electron chi connectivity index (χ3n) is 17.6. The van der Waals surface area contributed by atoms with Crippen LogP contribution in [0.25, 0.3) is 31.3 Å². The Morgan fingerprint density at radius 2 is 1.27 bits per heavy atom. The number of methoxy groups -OCH3 is 1. The van der Waals surface area contributed by atoms with E-state index < -0.39 is 80.0 Å². The average molecular weight is 2240 g/mol. The predicted octanol–water partition coefficient (Wildman–Crippen LogP) is 21.2. The molecule has 1 fully saturated rings. The van der Waals surface area contributed by atoms with Crippen molar-refractivity contribution >= 4 is 224 Å². The molecule has 2 aliphatic heterocycles. The summed E-state index contributed by atoms with van der Waals surface area (Å²) in [7, 11) is -3.96. The quantitative estimate of drug-likeness (QED) is 0.0299. The molecule has 4 aromatic heterocycles. The van der Waals surface area contributed by atoms with E-state index in [1.807, 2.05) is 108 Å². The number of carboxylic acid groups (broad SMARTS) is 2. The van der Waals surface area contributed by atoms with Crippen LogP contribution in [-0.4, -0.2) is 122 Å². The number of sulfone groups is 1. The fourth-order valence-electron chi connectivity index (χ4n) is 10.3. The van der Waals surface area contributed by atoms with Crippen molar-refractivity contribution in [2.45, 2.75) is 75.5 Å². The van der Waals surface area contributed by atoms with Crippen molar-refractivity contribution in [3.05, 3.63) is 281 Å². The molecule has 3 N–H and O–H groups in total. The largest absolute Gasteiger partial charge is 0.497 e. The number of benzene rings is 7. The number of aryl methyl sites for hydroxylation is 1. The maximum atomic E-state index is 13.2. The fourth-order valence-corrected chi connectivity index (χ4v) is 26.9. The van der Waals surface area contributed by atoms with Gasteiger partial charge < -0.3 is 29.4 Å². The monoisotopic (exact) mass is 2240 g/mol. The molecule has 0 saturated heterocycles. The standard InChI is InChI=1S/C20H20N2O2S.C18H18Cl2N2O4S3.C10H9NO2S.C10H8OS3.C9H5Br2NO4S.C8H6N2S3.C6H8O4.Pt/c1-15-13-22(20(24)18-11-7-4-8-12-18)25(14-16(15)2)21-19(23)17-9-5-3-6-10-17;1-13-11-22(29(25,26)18-9-5-16(20)6-10-18)27(12-14(13)2)21-28(23,24)17-7-3-15(19)4-8-17;1-9-3-5-10(6-4-9)14(12,13)8-2-7-11;1-11-8-4-2-7(3-5-8)9-6-10(12)14-13-9;1-12-8(13)15-6-3(10)2-4-7(5(6)11)16-9(14)17-4;1-5-7(12-13-8(5)11)6-4-9-2-3-10-6;7-4(8)6(5(9)10)2-1-3-6;/h3-12H,13-14H2,1-2H3;3-10H,11-12H2,1-2H3;2-6,8H,1H3;2-6H,1H3;2H,1H3,(H,12,13);2-4H,1H3;1-3H2,(H,7,8)(H,9,10);/b;;8-2+;;;;;.